The molecule has 28 heavy (non-hydrogen) atoms. The van der Waals surface area contributed by atoms with E-state index in [0.29, 0.717) is 30.6 Å². The summed E-state index contributed by atoms with van der Waals surface area (Å²) in [5.74, 6) is 0.0729. The third-order valence-electron chi connectivity index (χ3n) is 6.78. The van der Waals surface area contributed by atoms with E-state index in [0.717, 1.165) is 30.1 Å². The molecule has 0 spiro atoms. The molecule has 1 unspecified atom stereocenters. The number of carbonyl (C=O) groups excluding carboxylic acids is 3. The lowest BCUT2D eigenvalue weighted by Gasteiger charge is -2.29. The van der Waals surface area contributed by atoms with E-state index >= 15 is 0 Å². The molecule has 4 atom stereocenters. The van der Waals surface area contributed by atoms with Crippen LogP contribution in [0, 0.1) is 5.92 Å². The molecule has 3 heterocycles. The van der Waals surface area contributed by atoms with Gasteiger partial charge in [0.2, 0.25) is 11.8 Å². The maximum atomic E-state index is 12.9. The number of amides is 3. The van der Waals surface area contributed by atoms with E-state index in [2.05, 4.69) is 22.0 Å². The molecule has 148 valence electrons. The van der Waals surface area contributed by atoms with Gasteiger partial charge in [0.15, 0.2) is 0 Å². The lowest BCUT2D eigenvalue weighted by atomic mass is 10.00. The standard InChI is InChI=1S/C21H26N4O3/c26-19-6-5-18(20(27)24-19)25-11-14-2-1-12(7-16(14)21(25)28)9-22-10-17-13-3-4-15(8-13)23-17/h1-2,7,13,15,17-18,22-23H,3-6,8-11H2,(H,24,26,27)/t13-,15+,17+,18?/m0/s1. The van der Waals surface area contributed by atoms with E-state index in [1.54, 1.807) is 4.90 Å². The Balaban J connectivity index is 1.21. The first-order chi connectivity index (χ1) is 13.6. The van der Waals surface area contributed by atoms with Crippen LogP contribution in [0.2, 0.25) is 0 Å². The van der Waals surface area contributed by atoms with Crippen LogP contribution in [0.5, 0.6) is 0 Å². The number of piperidine rings is 2. The van der Waals surface area contributed by atoms with E-state index < -0.39 is 6.04 Å². The minimum atomic E-state index is -0.553. The summed E-state index contributed by atoms with van der Waals surface area (Å²) in [4.78, 5) is 38.0. The molecule has 3 N–H and O–H groups in total. The summed E-state index contributed by atoms with van der Waals surface area (Å²) in [6.07, 6.45) is 4.65. The van der Waals surface area contributed by atoms with E-state index in [1.165, 1.54) is 19.3 Å². The molecule has 0 aromatic heterocycles. The van der Waals surface area contributed by atoms with Crippen LogP contribution in [0.3, 0.4) is 0 Å². The van der Waals surface area contributed by atoms with Crippen LogP contribution in [0.1, 0.15) is 53.6 Å². The molecule has 2 saturated heterocycles. The number of nitrogens with one attached hydrogen (secondary N) is 3. The molecule has 3 aliphatic heterocycles. The van der Waals surface area contributed by atoms with Crippen molar-refractivity contribution in [2.24, 2.45) is 5.92 Å². The molecule has 3 amide bonds. The van der Waals surface area contributed by atoms with Gasteiger partial charge in [-0.15, -0.1) is 0 Å². The van der Waals surface area contributed by atoms with E-state index in [9.17, 15) is 14.4 Å². The molecular weight excluding hydrogens is 356 g/mol. The van der Waals surface area contributed by atoms with Crippen molar-refractivity contribution in [3.63, 3.8) is 0 Å². The van der Waals surface area contributed by atoms with Gasteiger partial charge in [0.05, 0.1) is 0 Å². The zero-order valence-corrected chi connectivity index (χ0v) is 15.9. The molecule has 1 aromatic rings. The topological polar surface area (TPSA) is 90.5 Å². The smallest absolute Gasteiger partial charge is 0.255 e. The average Bonchev–Trinajstić information content (AvgIpc) is 3.37. The molecule has 4 aliphatic rings. The molecule has 1 aromatic carbocycles. The molecule has 5 rings (SSSR count). The summed E-state index contributed by atoms with van der Waals surface area (Å²) in [6.45, 7) is 2.12. The van der Waals surface area contributed by atoms with Crippen LogP contribution in [0.4, 0.5) is 0 Å². The van der Waals surface area contributed by atoms with Gasteiger partial charge >= 0.3 is 0 Å². The molecule has 1 aliphatic carbocycles. The highest BCUT2D eigenvalue weighted by Crippen LogP contribution is 2.35. The Morgan fingerprint density at radius 1 is 1.14 bits per heavy atom. The third kappa shape index (κ3) is 3.12. The van der Waals surface area contributed by atoms with Crippen LogP contribution >= 0.6 is 0 Å². The predicted molar refractivity (Wildman–Crippen MR) is 102 cm³/mol. The fourth-order valence-corrected chi connectivity index (χ4v) is 5.28. The molecule has 1 saturated carbocycles. The second-order valence-corrected chi connectivity index (χ2v) is 8.57. The number of hydrogen-bond acceptors (Lipinski definition) is 5. The Morgan fingerprint density at radius 2 is 2.04 bits per heavy atom. The second kappa shape index (κ2) is 6.97. The normalized spacial score (nSPS) is 31.4. The quantitative estimate of drug-likeness (QED) is 0.652. The van der Waals surface area contributed by atoms with Gasteiger partial charge in [-0.05, 0) is 48.8 Å². The highest BCUT2D eigenvalue weighted by molar-refractivity contribution is 6.05. The third-order valence-corrected chi connectivity index (χ3v) is 6.78. The lowest BCUT2D eigenvalue weighted by molar-refractivity contribution is -0.136. The van der Waals surface area contributed by atoms with Crippen molar-refractivity contribution in [1.29, 1.82) is 0 Å². The monoisotopic (exact) mass is 382 g/mol. The van der Waals surface area contributed by atoms with Gasteiger partial charge in [-0.3, -0.25) is 19.7 Å². The summed E-state index contributed by atoms with van der Waals surface area (Å²) in [5, 5.41) is 9.56. The van der Waals surface area contributed by atoms with Crippen LogP contribution in [-0.2, 0) is 22.7 Å². The SMILES string of the molecule is O=C1CCC(N2Cc3ccc(CNC[C@H]4N[C@@H]5CC[C@H]4C5)cc3C2=O)C(=O)N1. The maximum absolute atomic E-state index is 12.9. The predicted octanol–water partition coefficient (Wildman–Crippen LogP) is 0.678. The number of nitrogens with zero attached hydrogens (tertiary/aromatic N) is 1. The summed E-state index contributed by atoms with van der Waals surface area (Å²) in [7, 11) is 0. The Morgan fingerprint density at radius 3 is 2.79 bits per heavy atom. The van der Waals surface area contributed by atoms with Crippen molar-refractivity contribution in [3.8, 4) is 0 Å². The summed E-state index contributed by atoms with van der Waals surface area (Å²) >= 11 is 0. The summed E-state index contributed by atoms with van der Waals surface area (Å²) < 4.78 is 0. The van der Waals surface area contributed by atoms with Crippen molar-refractivity contribution in [2.45, 2.75) is 63.3 Å². The summed E-state index contributed by atoms with van der Waals surface area (Å²) in [6, 6.07) is 6.73. The van der Waals surface area contributed by atoms with Gasteiger partial charge in [0.1, 0.15) is 6.04 Å². The van der Waals surface area contributed by atoms with Gasteiger partial charge in [0.25, 0.3) is 5.91 Å². The maximum Gasteiger partial charge on any atom is 0.255 e. The van der Waals surface area contributed by atoms with Crippen LogP contribution in [-0.4, -0.2) is 47.3 Å². The fourth-order valence-electron chi connectivity index (χ4n) is 5.28. The Labute approximate surface area is 164 Å². The Bertz CT molecular complexity index is 839. The zero-order valence-electron chi connectivity index (χ0n) is 15.9. The van der Waals surface area contributed by atoms with Gasteiger partial charge in [-0.25, -0.2) is 0 Å². The van der Waals surface area contributed by atoms with E-state index in [1.807, 2.05) is 12.1 Å². The first-order valence-corrected chi connectivity index (χ1v) is 10.3. The first-order valence-electron chi connectivity index (χ1n) is 10.3. The van der Waals surface area contributed by atoms with E-state index in [4.69, 9.17) is 0 Å². The molecule has 7 nitrogen and oxygen atoms in total. The zero-order chi connectivity index (χ0) is 19.3. The molecule has 3 fully saturated rings. The van der Waals surface area contributed by atoms with Crippen molar-refractivity contribution in [1.82, 2.24) is 20.9 Å². The van der Waals surface area contributed by atoms with Crippen molar-refractivity contribution in [3.05, 3.63) is 34.9 Å². The van der Waals surface area contributed by atoms with Gasteiger partial charge < -0.3 is 15.5 Å². The molecular formula is C21H26N4O3. The van der Waals surface area contributed by atoms with Crippen molar-refractivity contribution >= 4 is 17.7 Å². The Kier molecular flexibility index (Phi) is 4.44. The van der Waals surface area contributed by atoms with Crippen molar-refractivity contribution in [2.75, 3.05) is 6.54 Å². The largest absolute Gasteiger partial charge is 0.322 e. The minimum absolute atomic E-state index is 0.110. The van der Waals surface area contributed by atoms with Gasteiger partial charge in [0, 0.05) is 43.7 Å². The average molecular weight is 382 g/mol. The number of hydrogen-bond donors (Lipinski definition) is 3. The molecule has 2 bridgehead atoms. The molecule has 0 radical (unpaired) electrons. The van der Waals surface area contributed by atoms with E-state index in [-0.39, 0.29) is 24.1 Å². The van der Waals surface area contributed by atoms with Crippen LogP contribution in [0.15, 0.2) is 18.2 Å². The second-order valence-electron chi connectivity index (χ2n) is 8.57. The number of rotatable bonds is 5. The minimum Gasteiger partial charge on any atom is -0.322 e. The highest BCUT2D eigenvalue weighted by atomic mass is 16.2. The lowest BCUT2D eigenvalue weighted by Crippen LogP contribution is -2.52. The summed E-state index contributed by atoms with van der Waals surface area (Å²) in [5.41, 5.74) is 2.72. The van der Waals surface area contributed by atoms with Crippen molar-refractivity contribution < 1.29 is 14.4 Å². The number of fused-ring (bicyclic) bond motifs is 3. The number of benzene rings is 1. The van der Waals surface area contributed by atoms with Crippen LogP contribution in [0.25, 0.3) is 0 Å². The van der Waals surface area contributed by atoms with Crippen LogP contribution < -0.4 is 16.0 Å². The molecule has 7 heteroatoms. The van der Waals surface area contributed by atoms with Gasteiger partial charge in [-0.1, -0.05) is 12.1 Å². The van der Waals surface area contributed by atoms with Gasteiger partial charge in [-0.2, -0.15) is 0 Å². The fraction of sp³-hybridized carbons (Fsp3) is 0.571. The number of carbonyl (C=O) groups is 3. The number of imide groups is 1. The highest BCUT2D eigenvalue weighted by Gasteiger charge is 2.40. The Hall–Kier alpha value is -2.25. The first kappa shape index (κ1) is 17.8.